The van der Waals surface area contributed by atoms with Gasteiger partial charge in [0.25, 0.3) is 5.91 Å². The topological polar surface area (TPSA) is 69.8 Å². The minimum absolute atomic E-state index is 0.155. The van der Waals surface area contributed by atoms with Crippen LogP contribution in [0.5, 0.6) is 0 Å². The van der Waals surface area contributed by atoms with E-state index in [1.54, 1.807) is 11.8 Å². The number of nitrogens with one attached hydrogen (secondary N) is 3. The molecule has 1 aliphatic rings. The van der Waals surface area contributed by atoms with E-state index in [4.69, 9.17) is 0 Å². The first-order valence-corrected chi connectivity index (χ1v) is 8.37. The van der Waals surface area contributed by atoms with Crippen LogP contribution in [0.2, 0.25) is 0 Å². The third-order valence-electron chi connectivity index (χ3n) is 3.52. The predicted octanol–water partition coefficient (Wildman–Crippen LogP) is 2.81. The van der Waals surface area contributed by atoms with Crippen LogP contribution in [0.3, 0.4) is 0 Å². The molecule has 1 aliphatic heterocycles. The Balaban J connectivity index is 1.81. The highest BCUT2D eigenvalue weighted by Crippen LogP contribution is 2.30. The number of benzene rings is 1. The number of hydrogen-bond donors (Lipinski definition) is 3. The number of fused-ring (bicyclic) bond motifs is 1. The quantitative estimate of drug-likeness (QED) is 0.759. The maximum absolute atomic E-state index is 12.6. The molecule has 3 rings (SSSR count). The molecule has 6 heteroatoms. The fourth-order valence-electron chi connectivity index (χ4n) is 2.52. The normalized spacial score (nSPS) is 14.0. The number of aromatic amines is 1. The number of carbonyl (C=O) groups is 1. The highest BCUT2D eigenvalue weighted by atomic mass is 32.2. The van der Waals surface area contributed by atoms with Crippen LogP contribution in [0.1, 0.15) is 35.6 Å². The van der Waals surface area contributed by atoms with Crippen molar-refractivity contribution in [3.05, 3.63) is 41.2 Å². The van der Waals surface area contributed by atoms with Gasteiger partial charge in [-0.1, -0.05) is 26.0 Å². The lowest BCUT2D eigenvalue weighted by molar-refractivity contribution is 0.102. The summed E-state index contributed by atoms with van der Waals surface area (Å²) in [7, 11) is 0. The minimum atomic E-state index is -0.155. The number of H-pyrrole nitrogens is 1. The Bertz CT molecular complexity index is 681. The van der Waals surface area contributed by atoms with Crippen LogP contribution in [0.4, 0.5) is 5.69 Å². The van der Waals surface area contributed by atoms with E-state index in [-0.39, 0.29) is 5.91 Å². The SMILES string of the molecule is CC(C)Sc1ccccc1NC(=O)c1n[nH]c2c1CNCC2. The number of nitrogens with zero attached hydrogens (tertiary/aromatic N) is 1. The molecule has 0 saturated heterocycles. The average Bonchev–Trinajstić information content (AvgIpc) is 2.93. The van der Waals surface area contributed by atoms with E-state index < -0.39 is 0 Å². The number of thioether (sulfide) groups is 1. The molecule has 3 N–H and O–H groups in total. The Morgan fingerprint density at radius 2 is 2.18 bits per heavy atom. The van der Waals surface area contributed by atoms with Crippen molar-refractivity contribution in [3.63, 3.8) is 0 Å². The van der Waals surface area contributed by atoms with Gasteiger partial charge in [0.15, 0.2) is 5.69 Å². The van der Waals surface area contributed by atoms with Crippen molar-refractivity contribution in [1.29, 1.82) is 0 Å². The monoisotopic (exact) mass is 316 g/mol. The summed E-state index contributed by atoms with van der Waals surface area (Å²) in [5, 5.41) is 13.9. The van der Waals surface area contributed by atoms with Gasteiger partial charge >= 0.3 is 0 Å². The average molecular weight is 316 g/mol. The molecule has 5 nitrogen and oxygen atoms in total. The van der Waals surface area contributed by atoms with Gasteiger partial charge in [-0.2, -0.15) is 5.10 Å². The summed E-state index contributed by atoms with van der Waals surface area (Å²) in [6.07, 6.45) is 0.884. The maximum Gasteiger partial charge on any atom is 0.276 e. The molecular formula is C16H20N4OS. The summed E-state index contributed by atoms with van der Waals surface area (Å²) < 4.78 is 0. The Hall–Kier alpha value is -1.79. The summed E-state index contributed by atoms with van der Waals surface area (Å²) in [6.45, 7) is 5.89. The lowest BCUT2D eigenvalue weighted by Crippen LogP contribution is -2.25. The number of carbonyl (C=O) groups excluding carboxylic acids is 1. The van der Waals surface area contributed by atoms with Crippen LogP contribution >= 0.6 is 11.8 Å². The van der Waals surface area contributed by atoms with E-state index >= 15 is 0 Å². The Labute approximate surface area is 134 Å². The molecule has 1 amide bonds. The summed E-state index contributed by atoms with van der Waals surface area (Å²) in [5.74, 6) is -0.155. The predicted molar refractivity (Wildman–Crippen MR) is 89.4 cm³/mol. The first kappa shape index (κ1) is 15.1. The Kier molecular flexibility index (Phi) is 4.49. The number of aromatic nitrogens is 2. The highest BCUT2D eigenvalue weighted by Gasteiger charge is 2.22. The zero-order chi connectivity index (χ0) is 15.5. The molecule has 0 radical (unpaired) electrons. The second-order valence-electron chi connectivity index (χ2n) is 5.57. The summed E-state index contributed by atoms with van der Waals surface area (Å²) in [6, 6.07) is 7.88. The van der Waals surface area contributed by atoms with Gasteiger partial charge in [0.2, 0.25) is 0 Å². The molecule has 0 aliphatic carbocycles. The molecular weight excluding hydrogens is 296 g/mol. The number of rotatable bonds is 4. The molecule has 1 aromatic heterocycles. The van der Waals surface area contributed by atoms with E-state index in [2.05, 4.69) is 34.7 Å². The lowest BCUT2D eigenvalue weighted by Gasteiger charge is -2.14. The number of hydrogen-bond acceptors (Lipinski definition) is 4. The van der Waals surface area contributed by atoms with E-state index in [0.29, 0.717) is 17.5 Å². The summed E-state index contributed by atoms with van der Waals surface area (Å²) in [4.78, 5) is 13.6. The minimum Gasteiger partial charge on any atom is -0.320 e. The van der Waals surface area contributed by atoms with Gasteiger partial charge in [0.05, 0.1) is 5.69 Å². The van der Waals surface area contributed by atoms with Crippen LogP contribution in [0.25, 0.3) is 0 Å². The Morgan fingerprint density at radius 3 is 3.00 bits per heavy atom. The van der Waals surface area contributed by atoms with Crippen molar-refractivity contribution in [1.82, 2.24) is 15.5 Å². The van der Waals surface area contributed by atoms with E-state index in [9.17, 15) is 4.79 Å². The number of anilines is 1. The Morgan fingerprint density at radius 1 is 1.36 bits per heavy atom. The van der Waals surface area contributed by atoms with Crippen LogP contribution in [-0.4, -0.2) is 27.9 Å². The van der Waals surface area contributed by atoms with Crippen molar-refractivity contribution in [2.75, 3.05) is 11.9 Å². The fourth-order valence-corrected chi connectivity index (χ4v) is 3.43. The summed E-state index contributed by atoms with van der Waals surface area (Å²) in [5.41, 5.74) is 3.38. The van der Waals surface area contributed by atoms with Gasteiger partial charge in [-0.05, 0) is 12.1 Å². The molecule has 1 aromatic carbocycles. The first-order valence-electron chi connectivity index (χ1n) is 7.49. The number of amides is 1. The van der Waals surface area contributed by atoms with Gasteiger partial charge in [-0.3, -0.25) is 9.89 Å². The van der Waals surface area contributed by atoms with E-state index in [1.165, 1.54) is 0 Å². The highest BCUT2D eigenvalue weighted by molar-refractivity contribution is 8.00. The molecule has 0 spiro atoms. The largest absolute Gasteiger partial charge is 0.320 e. The second kappa shape index (κ2) is 6.54. The second-order valence-corrected chi connectivity index (χ2v) is 7.19. The van der Waals surface area contributed by atoms with Gasteiger partial charge < -0.3 is 10.6 Å². The van der Waals surface area contributed by atoms with E-state index in [1.807, 2.05) is 24.3 Å². The molecule has 0 unspecified atom stereocenters. The molecule has 2 aromatic rings. The summed E-state index contributed by atoms with van der Waals surface area (Å²) >= 11 is 1.74. The molecule has 2 heterocycles. The zero-order valence-corrected chi connectivity index (χ0v) is 13.6. The van der Waals surface area contributed by atoms with Gasteiger partial charge in [0.1, 0.15) is 0 Å². The standard InChI is InChI=1S/C16H20N4OS/c1-10(2)22-14-6-4-3-5-13(14)18-16(21)15-11-9-17-8-7-12(11)19-20-15/h3-6,10,17H,7-9H2,1-2H3,(H,18,21)(H,19,20). The molecule has 0 fully saturated rings. The van der Waals surface area contributed by atoms with Crippen molar-refractivity contribution in [2.24, 2.45) is 0 Å². The third kappa shape index (κ3) is 3.18. The van der Waals surface area contributed by atoms with Gasteiger partial charge in [-0.15, -0.1) is 11.8 Å². The molecule has 22 heavy (non-hydrogen) atoms. The zero-order valence-electron chi connectivity index (χ0n) is 12.8. The van der Waals surface area contributed by atoms with Gasteiger partial charge in [0, 0.05) is 40.9 Å². The lowest BCUT2D eigenvalue weighted by atomic mass is 10.1. The van der Waals surface area contributed by atoms with Crippen molar-refractivity contribution in [2.45, 2.75) is 37.0 Å². The fraction of sp³-hybridized carbons (Fsp3) is 0.375. The maximum atomic E-state index is 12.6. The van der Waals surface area contributed by atoms with Crippen molar-refractivity contribution in [3.8, 4) is 0 Å². The molecule has 0 bridgehead atoms. The first-order chi connectivity index (χ1) is 10.6. The smallest absolute Gasteiger partial charge is 0.276 e. The molecule has 0 saturated carbocycles. The molecule has 116 valence electrons. The number of para-hydroxylation sites is 1. The van der Waals surface area contributed by atoms with Crippen LogP contribution in [0.15, 0.2) is 29.2 Å². The van der Waals surface area contributed by atoms with Crippen molar-refractivity contribution < 1.29 is 4.79 Å². The molecule has 0 atom stereocenters. The van der Waals surface area contributed by atoms with Crippen LogP contribution in [0, 0.1) is 0 Å². The van der Waals surface area contributed by atoms with Crippen LogP contribution < -0.4 is 10.6 Å². The van der Waals surface area contributed by atoms with E-state index in [0.717, 1.165) is 34.8 Å². The third-order valence-corrected chi connectivity index (χ3v) is 4.60. The van der Waals surface area contributed by atoms with Crippen LogP contribution in [-0.2, 0) is 13.0 Å². The van der Waals surface area contributed by atoms with Crippen molar-refractivity contribution >= 4 is 23.4 Å². The van der Waals surface area contributed by atoms with Gasteiger partial charge in [-0.25, -0.2) is 0 Å².